The summed E-state index contributed by atoms with van der Waals surface area (Å²) < 4.78 is 18.7. The second-order valence-corrected chi connectivity index (χ2v) is 6.44. The average Bonchev–Trinajstić information content (AvgIpc) is 2.33. The molecule has 0 radical (unpaired) electrons. The van der Waals surface area contributed by atoms with Gasteiger partial charge in [0.1, 0.15) is 17.0 Å². The van der Waals surface area contributed by atoms with Crippen LogP contribution in [-0.2, 0) is 16.1 Å². The van der Waals surface area contributed by atoms with Gasteiger partial charge in [0.25, 0.3) is 0 Å². The zero-order valence-corrected chi connectivity index (χ0v) is 13.1. The summed E-state index contributed by atoms with van der Waals surface area (Å²) in [7, 11) is 0. The van der Waals surface area contributed by atoms with Gasteiger partial charge in [-0.15, -0.1) is 0 Å². The van der Waals surface area contributed by atoms with E-state index < -0.39 is 17.0 Å². The lowest BCUT2D eigenvalue weighted by Crippen LogP contribution is -2.49. The van der Waals surface area contributed by atoms with Gasteiger partial charge in [-0.1, -0.05) is 0 Å². The Hall–Kier alpha value is -1.93. The first-order valence-corrected chi connectivity index (χ1v) is 6.71. The smallest absolute Gasteiger partial charge is 0.326 e. The van der Waals surface area contributed by atoms with Crippen LogP contribution in [0.4, 0.5) is 4.39 Å². The fourth-order valence-electron chi connectivity index (χ4n) is 1.62. The Bertz CT molecular complexity index is 569. The second kappa shape index (κ2) is 6.23. The standard InChI is InChI=1S/C16H21FN2O2/c1-15(2,3)21-14(20)16(4,5)19-10-12-6-11(9-18)7-13(17)8-12/h6-8,19H,10H2,1-5H3. The molecule has 0 saturated carbocycles. The van der Waals surface area contributed by atoms with E-state index in [0.717, 1.165) is 0 Å². The summed E-state index contributed by atoms with van der Waals surface area (Å²) in [6.07, 6.45) is 0. The quantitative estimate of drug-likeness (QED) is 0.867. The zero-order chi connectivity index (χ0) is 16.3. The van der Waals surface area contributed by atoms with Gasteiger partial charge < -0.3 is 4.74 Å². The van der Waals surface area contributed by atoms with Crippen molar-refractivity contribution in [2.45, 2.75) is 52.3 Å². The fourth-order valence-corrected chi connectivity index (χ4v) is 1.62. The zero-order valence-electron chi connectivity index (χ0n) is 13.1. The van der Waals surface area contributed by atoms with Gasteiger partial charge in [0.15, 0.2) is 0 Å². The number of nitriles is 1. The Kier molecular flexibility index (Phi) is 5.08. The van der Waals surface area contributed by atoms with Crippen molar-refractivity contribution in [2.75, 3.05) is 0 Å². The molecule has 0 fully saturated rings. The lowest BCUT2D eigenvalue weighted by atomic mass is 10.0. The van der Waals surface area contributed by atoms with Crippen molar-refractivity contribution in [1.82, 2.24) is 5.32 Å². The number of halogens is 1. The summed E-state index contributed by atoms with van der Waals surface area (Å²) in [5, 5.41) is 11.8. The molecule has 0 saturated heterocycles. The summed E-state index contributed by atoms with van der Waals surface area (Å²) in [5.41, 5.74) is -0.625. The van der Waals surface area contributed by atoms with Crippen molar-refractivity contribution in [3.8, 4) is 6.07 Å². The van der Waals surface area contributed by atoms with E-state index in [4.69, 9.17) is 10.00 Å². The van der Waals surface area contributed by atoms with Crippen LogP contribution in [0.1, 0.15) is 45.7 Å². The van der Waals surface area contributed by atoms with Crippen LogP contribution in [0.25, 0.3) is 0 Å². The monoisotopic (exact) mass is 292 g/mol. The number of ether oxygens (including phenoxy) is 1. The van der Waals surface area contributed by atoms with Gasteiger partial charge in [-0.05, 0) is 58.4 Å². The Morgan fingerprint density at radius 3 is 2.43 bits per heavy atom. The molecule has 0 aromatic heterocycles. The van der Waals surface area contributed by atoms with Crippen LogP contribution in [0.5, 0.6) is 0 Å². The predicted molar refractivity (Wildman–Crippen MR) is 77.9 cm³/mol. The fraction of sp³-hybridized carbons (Fsp3) is 0.500. The van der Waals surface area contributed by atoms with Crippen LogP contribution in [0.3, 0.4) is 0 Å². The molecular weight excluding hydrogens is 271 g/mol. The molecule has 0 spiro atoms. The van der Waals surface area contributed by atoms with Crippen molar-refractivity contribution in [3.05, 3.63) is 35.1 Å². The Morgan fingerprint density at radius 1 is 1.29 bits per heavy atom. The van der Waals surface area contributed by atoms with Crippen LogP contribution in [-0.4, -0.2) is 17.1 Å². The minimum atomic E-state index is -0.910. The molecule has 114 valence electrons. The van der Waals surface area contributed by atoms with Crippen LogP contribution >= 0.6 is 0 Å². The first-order valence-electron chi connectivity index (χ1n) is 6.71. The van der Waals surface area contributed by atoms with Crippen molar-refractivity contribution in [2.24, 2.45) is 0 Å². The van der Waals surface area contributed by atoms with E-state index in [9.17, 15) is 9.18 Å². The molecule has 1 rings (SSSR count). The predicted octanol–water partition coefficient (Wildman–Crippen LogP) is 2.91. The minimum Gasteiger partial charge on any atom is -0.459 e. The average molecular weight is 292 g/mol. The highest BCUT2D eigenvalue weighted by Crippen LogP contribution is 2.15. The van der Waals surface area contributed by atoms with Gasteiger partial charge in [-0.2, -0.15) is 5.26 Å². The van der Waals surface area contributed by atoms with Crippen LogP contribution in [0, 0.1) is 17.1 Å². The molecule has 1 N–H and O–H groups in total. The number of carbonyl (C=O) groups excluding carboxylic acids is 1. The highest BCUT2D eigenvalue weighted by atomic mass is 19.1. The molecule has 1 aromatic carbocycles. The third kappa shape index (κ3) is 5.52. The minimum absolute atomic E-state index is 0.252. The molecular formula is C16H21FN2O2. The van der Waals surface area contributed by atoms with Crippen molar-refractivity contribution < 1.29 is 13.9 Å². The molecule has 1 aromatic rings. The summed E-state index contributed by atoms with van der Waals surface area (Å²) in [6, 6.07) is 5.99. The number of nitrogens with zero attached hydrogens (tertiary/aromatic N) is 1. The Morgan fingerprint density at radius 2 is 1.90 bits per heavy atom. The SMILES string of the molecule is CC(C)(C)OC(=O)C(C)(C)NCc1cc(F)cc(C#N)c1. The largest absolute Gasteiger partial charge is 0.459 e. The number of esters is 1. The number of nitrogens with one attached hydrogen (secondary N) is 1. The highest BCUT2D eigenvalue weighted by Gasteiger charge is 2.31. The van der Waals surface area contributed by atoms with Crippen LogP contribution < -0.4 is 5.32 Å². The summed E-state index contributed by atoms with van der Waals surface area (Å²) >= 11 is 0. The number of hydrogen-bond donors (Lipinski definition) is 1. The summed E-state index contributed by atoms with van der Waals surface area (Å²) in [6.45, 7) is 9.06. The van der Waals surface area contributed by atoms with E-state index in [0.29, 0.717) is 5.56 Å². The van der Waals surface area contributed by atoms with E-state index >= 15 is 0 Å². The van der Waals surface area contributed by atoms with Gasteiger partial charge in [-0.25, -0.2) is 4.39 Å². The van der Waals surface area contributed by atoms with Gasteiger partial charge in [0, 0.05) is 6.54 Å². The lowest BCUT2D eigenvalue weighted by Gasteiger charge is -2.29. The number of hydrogen-bond acceptors (Lipinski definition) is 4. The maximum absolute atomic E-state index is 13.3. The second-order valence-electron chi connectivity index (χ2n) is 6.44. The summed E-state index contributed by atoms with van der Waals surface area (Å²) in [4.78, 5) is 12.1. The molecule has 0 atom stereocenters. The van der Waals surface area contributed by atoms with E-state index in [-0.39, 0.29) is 18.1 Å². The Labute approximate surface area is 124 Å². The first kappa shape index (κ1) is 17.1. The molecule has 0 aliphatic heterocycles. The topological polar surface area (TPSA) is 62.1 Å². The van der Waals surface area contributed by atoms with Crippen molar-refractivity contribution in [3.63, 3.8) is 0 Å². The molecule has 0 unspecified atom stereocenters. The van der Waals surface area contributed by atoms with Gasteiger partial charge in [-0.3, -0.25) is 10.1 Å². The third-order valence-electron chi connectivity index (χ3n) is 2.73. The van der Waals surface area contributed by atoms with Gasteiger partial charge >= 0.3 is 5.97 Å². The molecule has 0 amide bonds. The third-order valence-corrected chi connectivity index (χ3v) is 2.73. The lowest BCUT2D eigenvalue weighted by molar-refractivity contribution is -0.161. The highest BCUT2D eigenvalue weighted by molar-refractivity contribution is 5.80. The van der Waals surface area contributed by atoms with Crippen molar-refractivity contribution in [1.29, 1.82) is 5.26 Å². The molecule has 0 aliphatic rings. The molecule has 0 bridgehead atoms. The maximum Gasteiger partial charge on any atom is 0.326 e. The van der Waals surface area contributed by atoms with E-state index in [2.05, 4.69) is 5.32 Å². The van der Waals surface area contributed by atoms with E-state index in [1.54, 1.807) is 40.7 Å². The van der Waals surface area contributed by atoms with Crippen molar-refractivity contribution >= 4 is 5.97 Å². The summed E-state index contributed by atoms with van der Waals surface area (Å²) in [5.74, 6) is -0.854. The Balaban J connectivity index is 2.76. The molecule has 0 aliphatic carbocycles. The molecule has 0 heterocycles. The number of rotatable bonds is 4. The molecule has 4 nitrogen and oxygen atoms in total. The van der Waals surface area contributed by atoms with Crippen LogP contribution in [0.2, 0.25) is 0 Å². The maximum atomic E-state index is 13.3. The normalized spacial score (nSPS) is 11.9. The number of carbonyl (C=O) groups is 1. The van der Waals surface area contributed by atoms with E-state index in [1.807, 2.05) is 6.07 Å². The van der Waals surface area contributed by atoms with Gasteiger partial charge in [0.05, 0.1) is 11.6 Å². The number of benzene rings is 1. The van der Waals surface area contributed by atoms with Crippen LogP contribution in [0.15, 0.2) is 18.2 Å². The first-order chi connectivity index (χ1) is 9.53. The molecule has 21 heavy (non-hydrogen) atoms. The molecule has 5 heteroatoms. The van der Waals surface area contributed by atoms with Gasteiger partial charge in [0.2, 0.25) is 0 Å². The van der Waals surface area contributed by atoms with E-state index in [1.165, 1.54) is 12.1 Å².